The van der Waals surface area contributed by atoms with Crippen LogP contribution >= 0.6 is 11.3 Å². The number of ether oxygens (including phenoxy) is 3. The lowest BCUT2D eigenvalue weighted by atomic mass is 9.73. The molecule has 0 saturated heterocycles. The molecule has 40 heavy (non-hydrogen) atoms. The van der Waals surface area contributed by atoms with E-state index in [2.05, 4.69) is 24.5 Å². The Bertz CT molecular complexity index is 1420. The lowest BCUT2D eigenvalue weighted by Crippen LogP contribution is -2.41. The van der Waals surface area contributed by atoms with Gasteiger partial charge in [-0.3, -0.25) is 9.59 Å². The smallest absolute Gasteiger partial charge is 0.239 e. The number of methoxy groups -OCH3 is 3. The molecule has 1 aliphatic heterocycles. The van der Waals surface area contributed by atoms with Crippen LogP contribution in [0.15, 0.2) is 65.2 Å². The van der Waals surface area contributed by atoms with Gasteiger partial charge in [0.15, 0.2) is 17.3 Å². The van der Waals surface area contributed by atoms with E-state index in [1.54, 1.807) is 32.7 Å². The molecule has 1 atom stereocenters. The zero-order valence-corrected chi connectivity index (χ0v) is 24.3. The number of carbonyl (C=O) groups excluding carboxylic acids is 2. The Morgan fingerprint density at radius 2 is 1.77 bits per heavy atom. The first kappa shape index (κ1) is 27.6. The number of allylic oxidation sites excluding steroid dienone is 1. The van der Waals surface area contributed by atoms with Crippen molar-refractivity contribution in [2.75, 3.05) is 38.1 Å². The van der Waals surface area contributed by atoms with Crippen LogP contribution in [-0.2, 0) is 16.1 Å². The number of nitrogens with one attached hydrogen (secondary N) is 2. The maximum absolute atomic E-state index is 14.0. The van der Waals surface area contributed by atoms with Gasteiger partial charge >= 0.3 is 0 Å². The molecule has 1 unspecified atom stereocenters. The molecule has 0 bridgehead atoms. The molecular formula is C31H35N3O5S. The fourth-order valence-corrected chi connectivity index (χ4v) is 6.29. The van der Waals surface area contributed by atoms with Crippen LogP contribution in [0.2, 0.25) is 0 Å². The van der Waals surface area contributed by atoms with Crippen molar-refractivity contribution in [3.8, 4) is 17.2 Å². The van der Waals surface area contributed by atoms with Gasteiger partial charge in [0.1, 0.15) is 0 Å². The Morgan fingerprint density at radius 3 is 2.42 bits per heavy atom. The maximum atomic E-state index is 14.0. The molecule has 0 spiro atoms. The van der Waals surface area contributed by atoms with Crippen molar-refractivity contribution in [2.24, 2.45) is 5.41 Å². The number of hydrogen-bond donors (Lipinski definition) is 2. The number of nitrogens with zero attached hydrogens (tertiary/aromatic N) is 1. The summed E-state index contributed by atoms with van der Waals surface area (Å²) in [5.41, 5.74) is 3.75. The zero-order valence-electron chi connectivity index (χ0n) is 23.5. The van der Waals surface area contributed by atoms with Crippen molar-refractivity contribution >= 4 is 34.4 Å². The Morgan fingerprint density at radius 1 is 1.05 bits per heavy atom. The molecule has 8 nitrogen and oxygen atoms in total. The number of hydrogen-bond acceptors (Lipinski definition) is 8. The summed E-state index contributed by atoms with van der Waals surface area (Å²) in [6.07, 6.45) is 1.10. The van der Waals surface area contributed by atoms with E-state index < -0.39 is 6.04 Å². The molecule has 9 heteroatoms. The molecule has 2 aromatic carbocycles. The van der Waals surface area contributed by atoms with Crippen LogP contribution in [0.1, 0.15) is 43.2 Å². The van der Waals surface area contributed by atoms with E-state index in [1.165, 1.54) is 0 Å². The number of ketones is 1. The maximum Gasteiger partial charge on any atom is 0.239 e. The van der Waals surface area contributed by atoms with E-state index in [1.807, 2.05) is 58.8 Å². The number of amides is 1. The summed E-state index contributed by atoms with van der Waals surface area (Å²) < 4.78 is 16.9. The fraction of sp³-hybridized carbons (Fsp3) is 0.355. The van der Waals surface area contributed by atoms with Gasteiger partial charge in [-0.2, -0.15) is 0 Å². The van der Waals surface area contributed by atoms with Gasteiger partial charge in [0.25, 0.3) is 0 Å². The van der Waals surface area contributed by atoms with Gasteiger partial charge in [0.2, 0.25) is 11.7 Å². The van der Waals surface area contributed by atoms with E-state index in [-0.39, 0.29) is 23.7 Å². The number of anilines is 2. The molecule has 0 fully saturated rings. The Hall–Kier alpha value is -3.98. The summed E-state index contributed by atoms with van der Waals surface area (Å²) in [6, 6.07) is 15.0. The number of Topliss-reactive ketones (excluding diaryl/α,β-unsaturated/α-hetero) is 1. The molecule has 0 radical (unpaired) electrons. The molecule has 210 valence electrons. The van der Waals surface area contributed by atoms with Gasteiger partial charge in [-0.15, -0.1) is 11.3 Å². The first-order valence-electron chi connectivity index (χ1n) is 13.2. The minimum absolute atomic E-state index is 0.0405. The van der Waals surface area contributed by atoms with Crippen molar-refractivity contribution in [1.29, 1.82) is 0 Å². The fourth-order valence-electron chi connectivity index (χ4n) is 5.64. The highest BCUT2D eigenvalue weighted by Crippen LogP contribution is 2.50. The SMILES string of the molecule is COc1cc(C2C3=C(CC(C)(C)CC3=O)Nc3ccccc3N2CC(=O)NCc2cccs2)cc(OC)c1OC. The molecule has 1 amide bonds. The minimum atomic E-state index is -0.573. The van der Waals surface area contributed by atoms with Crippen LogP contribution in [0.4, 0.5) is 11.4 Å². The van der Waals surface area contributed by atoms with Gasteiger partial charge in [-0.05, 0) is 53.1 Å². The number of rotatable bonds is 8. The number of fused-ring (bicyclic) bond motifs is 1. The van der Waals surface area contributed by atoms with Crippen LogP contribution in [0, 0.1) is 5.41 Å². The highest BCUT2D eigenvalue weighted by Gasteiger charge is 2.42. The third-order valence-corrected chi connectivity index (χ3v) is 8.24. The Kier molecular flexibility index (Phi) is 7.76. The van der Waals surface area contributed by atoms with Crippen LogP contribution in [-0.4, -0.2) is 39.6 Å². The normalized spacial score (nSPS) is 17.8. The van der Waals surface area contributed by atoms with Crippen LogP contribution in [0.25, 0.3) is 0 Å². The standard InChI is InChI=1S/C31H35N3O5S/c1-31(2)15-22-28(24(35)16-31)29(19-13-25(37-3)30(39-5)26(14-19)38-4)34(23-11-7-6-10-21(23)33-22)18-27(36)32-17-20-9-8-12-40-20/h6-14,29,33H,15-18H2,1-5H3,(H,32,36). The molecule has 1 aliphatic carbocycles. The van der Waals surface area contributed by atoms with E-state index in [4.69, 9.17) is 14.2 Å². The van der Waals surface area contributed by atoms with Crippen molar-refractivity contribution in [1.82, 2.24) is 5.32 Å². The molecule has 5 rings (SSSR count). The van der Waals surface area contributed by atoms with Gasteiger partial charge in [0, 0.05) is 22.6 Å². The third-order valence-electron chi connectivity index (χ3n) is 7.36. The van der Waals surface area contributed by atoms with E-state index in [0.29, 0.717) is 42.2 Å². The average molecular weight is 562 g/mol. The number of carbonyl (C=O) groups is 2. The van der Waals surface area contributed by atoms with Gasteiger partial charge in [0.05, 0.1) is 51.8 Å². The molecule has 0 saturated carbocycles. The topological polar surface area (TPSA) is 89.1 Å². The van der Waals surface area contributed by atoms with E-state index >= 15 is 0 Å². The lowest BCUT2D eigenvalue weighted by molar-refractivity contribution is -0.120. The highest BCUT2D eigenvalue weighted by atomic mass is 32.1. The van der Waals surface area contributed by atoms with Crippen LogP contribution in [0.5, 0.6) is 17.2 Å². The van der Waals surface area contributed by atoms with Crippen molar-refractivity contribution < 1.29 is 23.8 Å². The largest absolute Gasteiger partial charge is 0.493 e. The van der Waals surface area contributed by atoms with Crippen molar-refractivity contribution in [3.63, 3.8) is 0 Å². The Balaban J connectivity index is 1.68. The summed E-state index contributed by atoms with van der Waals surface area (Å²) >= 11 is 1.60. The molecule has 3 aromatic rings. The summed E-state index contributed by atoms with van der Waals surface area (Å²) in [5.74, 6) is 1.33. The predicted octanol–water partition coefficient (Wildman–Crippen LogP) is 5.71. The monoisotopic (exact) mass is 561 g/mol. The first-order valence-corrected chi connectivity index (χ1v) is 14.1. The number of benzene rings is 2. The second kappa shape index (κ2) is 11.3. The first-order chi connectivity index (χ1) is 19.2. The van der Waals surface area contributed by atoms with Gasteiger partial charge < -0.3 is 29.7 Å². The second-order valence-corrected chi connectivity index (χ2v) is 11.9. The zero-order chi connectivity index (χ0) is 28.4. The average Bonchev–Trinajstić information content (AvgIpc) is 3.41. The summed E-state index contributed by atoms with van der Waals surface area (Å²) in [5, 5.41) is 8.63. The number of thiophene rings is 1. The van der Waals surface area contributed by atoms with E-state index in [9.17, 15) is 9.59 Å². The summed E-state index contributed by atoms with van der Waals surface area (Å²) in [7, 11) is 4.70. The quantitative estimate of drug-likeness (QED) is 0.364. The highest BCUT2D eigenvalue weighted by molar-refractivity contribution is 7.09. The minimum Gasteiger partial charge on any atom is -0.493 e. The molecule has 1 aromatic heterocycles. The van der Waals surface area contributed by atoms with Gasteiger partial charge in [-0.1, -0.05) is 32.0 Å². The summed E-state index contributed by atoms with van der Waals surface area (Å²) in [6.45, 7) is 4.70. The van der Waals surface area contributed by atoms with Crippen molar-refractivity contribution in [2.45, 2.75) is 39.3 Å². The van der Waals surface area contributed by atoms with Gasteiger partial charge in [-0.25, -0.2) is 0 Å². The second-order valence-electron chi connectivity index (χ2n) is 10.8. The molecule has 2 N–H and O–H groups in total. The molecular weight excluding hydrogens is 526 g/mol. The third kappa shape index (κ3) is 5.38. The van der Waals surface area contributed by atoms with E-state index in [0.717, 1.165) is 27.5 Å². The van der Waals surface area contributed by atoms with Crippen LogP contribution < -0.4 is 29.7 Å². The molecule has 2 heterocycles. The van der Waals surface area contributed by atoms with Crippen molar-refractivity contribution in [3.05, 3.63) is 75.6 Å². The molecule has 2 aliphatic rings. The van der Waals surface area contributed by atoms with Crippen LogP contribution in [0.3, 0.4) is 0 Å². The summed E-state index contributed by atoms with van der Waals surface area (Å²) in [4.78, 5) is 30.5. The number of para-hydroxylation sites is 2. The lowest BCUT2D eigenvalue weighted by Gasteiger charge is -2.38. The predicted molar refractivity (Wildman–Crippen MR) is 157 cm³/mol. The Labute approximate surface area is 238 Å².